The number of furan rings is 1. The second-order valence-electron chi connectivity index (χ2n) is 7.52. The minimum Gasteiger partial charge on any atom is -0.464 e. The molecule has 0 bridgehead atoms. The molecule has 0 atom stereocenters. The first-order valence-electron chi connectivity index (χ1n) is 11.2. The number of nitrogens with one attached hydrogen (secondary N) is 1. The average molecular weight is 492 g/mol. The van der Waals surface area contributed by atoms with Crippen molar-refractivity contribution in [2.45, 2.75) is 12.8 Å². The third-order valence-electron chi connectivity index (χ3n) is 5.08. The highest BCUT2D eigenvalue weighted by molar-refractivity contribution is 7.13. The summed E-state index contributed by atoms with van der Waals surface area (Å²) in [5.74, 6) is 0.0580. The van der Waals surface area contributed by atoms with Crippen LogP contribution in [0.25, 0.3) is 11.3 Å². The quantitative estimate of drug-likeness (QED) is 0.183. The van der Waals surface area contributed by atoms with E-state index in [2.05, 4.69) is 10.4 Å². The van der Waals surface area contributed by atoms with E-state index in [4.69, 9.17) is 14.3 Å². The maximum absolute atomic E-state index is 13.2. The fourth-order valence-electron chi connectivity index (χ4n) is 3.39. The average Bonchev–Trinajstić information content (AvgIpc) is 3.61. The third kappa shape index (κ3) is 6.42. The molecule has 0 spiro atoms. The summed E-state index contributed by atoms with van der Waals surface area (Å²) in [5.41, 5.74) is 5.15. The van der Waals surface area contributed by atoms with Crippen LogP contribution in [0.5, 0.6) is 0 Å². The molecule has 0 aliphatic heterocycles. The minimum absolute atomic E-state index is 0.0153. The number of hydrazine groups is 1. The van der Waals surface area contributed by atoms with Gasteiger partial charge in [-0.3, -0.25) is 9.78 Å². The van der Waals surface area contributed by atoms with Gasteiger partial charge in [-0.2, -0.15) is 0 Å². The lowest BCUT2D eigenvalue weighted by molar-refractivity contribution is 0.0439. The first-order chi connectivity index (χ1) is 17.2. The molecule has 4 aromatic rings. The van der Waals surface area contributed by atoms with Crippen LogP contribution in [0.15, 0.2) is 83.6 Å². The number of anilines is 1. The molecule has 0 saturated carbocycles. The highest BCUT2D eigenvalue weighted by Gasteiger charge is 2.19. The zero-order valence-corrected chi connectivity index (χ0v) is 19.7. The maximum Gasteiger partial charge on any atom is 0.348 e. The molecule has 0 saturated heterocycles. The smallest absolute Gasteiger partial charge is 0.348 e. The topological polar surface area (TPSA) is 105 Å². The predicted molar refractivity (Wildman–Crippen MR) is 133 cm³/mol. The molecule has 0 fully saturated rings. The van der Waals surface area contributed by atoms with Crippen molar-refractivity contribution in [1.29, 1.82) is 0 Å². The van der Waals surface area contributed by atoms with E-state index >= 15 is 0 Å². The molecule has 0 aliphatic carbocycles. The molecule has 8 nitrogen and oxygen atoms in total. The fourth-order valence-corrected chi connectivity index (χ4v) is 4.33. The van der Waals surface area contributed by atoms with Gasteiger partial charge in [0.05, 0.1) is 18.6 Å². The lowest BCUT2D eigenvalue weighted by Crippen LogP contribution is -2.44. The molecule has 0 aliphatic rings. The number of thiophene rings is 1. The van der Waals surface area contributed by atoms with Crippen molar-refractivity contribution in [3.05, 3.63) is 94.6 Å². The Hall–Kier alpha value is -3.79. The molecular weight excluding hydrogens is 466 g/mol. The van der Waals surface area contributed by atoms with Crippen LogP contribution in [-0.4, -0.2) is 41.7 Å². The summed E-state index contributed by atoms with van der Waals surface area (Å²) >= 11 is 1.37. The lowest BCUT2D eigenvalue weighted by Gasteiger charge is -2.23. The third-order valence-corrected chi connectivity index (χ3v) is 6.20. The number of aliphatic hydroxyl groups is 1. The van der Waals surface area contributed by atoms with E-state index in [1.165, 1.54) is 16.3 Å². The van der Waals surface area contributed by atoms with Crippen molar-refractivity contribution in [2.24, 2.45) is 0 Å². The van der Waals surface area contributed by atoms with Crippen LogP contribution >= 0.6 is 11.3 Å². The number of carbonyl (C=O) groups is 2. The highest BCUT2D eigenvalue weighted by Crippen LogP contribution is 2.24. The Morgan fingerprint density at radius 3 is 2.63 bits per heavy atom. The molecule has 3 aromatic heterocycles. The van der Waals surface area contributed by atoms with Gasteiger partial charge >= 0.3 is 5.97 Å². The van der Waals surface area contributed by atoms with E-state index in [-0.39, 0.29) is 19.1 Å². The first-order valence-corrected chi connectivity index (χ1v) is 12.0. The number of aliphatic hydroxyl groups excluding tert-OH is 1. The van der Waals surface area contributed by atoms with Crippen LogP contribution in [0, 0.1) is 0 Å². The van der Waals surface area contributed by atoms with Gasteiger partial charge in [-0.25, -0.2) is 15.2 Å². The van der Waals surface area contributed by atoms with Gasteiger partial charge in [0.2, 0.25) is 0 Å². The van der Waals surface area contributed by atoms with E-state index in [0.717, 1.165) is 29.0 Å². The molecule has 1 amide bonds. The number of ether oxygens (including phenoxy) is 1. The van der Waals surface area contributed by atoms with E-state index in [1.54, 1.807) is 36.7 Å². The summed E-state index contributed by atoms with van der Waals surface area (Å²) in [6, 6.07) is 20.1. The number of benzene rings is 1. The van der Waals surface area contributed by atoms with E-state index in [9.17, 15) is 9.59 Å². The summed E-state index contributed by atoms with van der Waals surface area (Å²) in [4.78, 5) is 30.8. The Morgan fingerprint density at radius 1 is 1.06 bits per heavy atom. The number of hydrogen-bond donors (Lipinski definition) is 2. The van der Waals surface area contributed by atoms with Crippen LogP contribution in [0.1, 0.15) is 31.5 Å². The molecule has 9 heteroatoms. The summed E-state index contributed by atoms with van der Waals surface area (Å²) in [6.45, 7) is 0.314. The zero-order chi connectivity index (χ0) is 24.5. The van der Waals surface area contributed by atoms with Gasteiger partial charge < -0.3 is 14.3 Å². The van der Waals surface area contributed by atoms with E-state index < -0.39 is 5.97 Å². The SMILES string of the molecule is O=C(OCCO)c1ccc(CCCNN(C(=O)c2ccccn2)c2ccc(-c3ccco3)cc2)s1. The number of carbonyl (C=O) groups excluding carboxylic acids is 2. The van der Waals surface area contributed by atoms with Crippen molar-refractivity contribution in [1.82, 2.24) is 10.4 Å². The molecule has 0 unspecified atom stereocenters. The Bertz CT molecular complexity index is 1220. The molecule has 2 N–H and O–H groups in total. The second-order valence-corrected chi connectivity index (χ2v) is 8.69. The summed E-state index contributed by atoms with van der Waals surface area (Å²) in [5, 5.41) is 10.3. The first kappa shape index (κ1) is 24.3. The second kappa shape index (κ2) is 12.1. The Morgan fingerprint density at radius 2 is 1.91 bits per heavy atom. The molecule has 0 radical (unpaired) electrons. The minimum atomic E-state index is -0.432. The Balaban J connectivity index is 1.40. The van der Waals surface area contributed by atoms with Gasteiger partial charge in [0.15, 0.2) is 0 Å². The Labute approximate surface area is 206 Å². The van der Waals surface area contributed by atoms with Crippen molar-refractivity contribution in [2.75, 3.05) is 24.8 Å². The van der Waals surface area contributed by atoms with Crippen LogP contribution in [-0.2, 0) is 11.2 Å². The molecule has 180 valence electrons. The number of nitrogens with zero attached hydrogens (tertiary/aromatic N) is 2. The largest absolute Gasteiger partial charge is 0.464 e. The van der Waals surface area contributed by atoms with E-state index in [1.807, 2.05) is 42.5 Å². The van der Waals surface area contributed by atoms with Crippen molar-refractivity contribution >= 4 is 28.9 Å². The molecule has 35 heavy (non-hydrogen) atoms. The zero-order valence-electron chi connectivity index (χ0n) is 18.9. The molecule has 4 rings (SSSR count). The number of amides is 1. The predicted octanol–water partition coefficient (Wildman–Crippen LogP) is 4.34. The summed E-state index contributed by atoms with van der Waals surface area (Å²) in [7, 11) is 0. The lowest BCUT2D eigenvalue weighted by atomic mass is 10.1. The van der Waals surface area contributed by atoms with Crippen LogP contribution < -0.4 is 10.4 Å². The van der Waals surface area contributed by atoms with Crippen molar-refractivity contribution < 1.29 is 23.8 Å². The van der Waals surface area contributed by atoms with Crippen LogP contribution in [0.4, 0.5) is 5.69 Å². The van der Waals surface area contributed by atoms with Gasteiger partial charge in [0.25, 0.3) is 5.91 Å². The molecular formula is C26H25N3O5S. The van der Waals surface area contributed by atoms with E-state index in [0.29, 0.717) is 22.8 Å². The maximum atomic E-state index is 13.2. The van der Waals surface area contributed by atoms with Crippen LogP contribution in [0.2, 0.25) is 0 Å². The molecule has 3 heterocycles. The van der Waals surface area contributed by atoms with Gasteiger partial charge in [-0.15, -0.1) is 11.3 Å². The Kier molecular flexibility index (Phi) is 8.39. The molecule has 1 aromatic carbocycles. The van der Waals surface area contributed by atoms with Crippen LogP contribution in [0.3, 0.4) is 0 Å². The van der Waals surface area contributed by atoms with Crippen molar-refractivity contribution in [3.63, 3.8) is 0 Å². The number of aromatic nitrogens is 1. The fraction of sp³-hybridized carbons (Fsp3) is 0.192. The highest BCUT2D eigenvalue weighted by atomic mass is 32.1. The number of hydrogen-bond acceptors (Lipinski definition) is 8. The standard InChI is InChI=1S/C26H25N3O5S/c30-16-18-34-26(32)24-13-12-21(35-24)5-3-15-28-29(25(31)22-6-1-2-14-27-22)20-10-8-19(9-11-20)23-7-4-17-33-23/h1-2,4,6-14,17,28,30H,3,5,15-16,18H2. The number of esters is 1. The van der Waals surface area contributed by atoms with Gasteiger partial charge in [0.1, 0.15) is 22.9 Å². The van der Waals surface area contributed by atoms with Crippen molar-refractivity contribution in [3.8, 4) is 11.3 Å². The summed E-state index contributed by atoms with van der Waals surface area (Å²) < 4.78 is 10.4. The number of aryl methyl sites for hydroxylation is 1. The normalized spacial score (nSPS) is 10.8. The van der Waals surface area contributed by atoms with Gasteiger partial charge in [-0.1, -0.05) is 6.07 Å². The summed E-state index contributed by atoms with van der Waals surface area (Å²) in [6.07, 6.45) is 4.68. The monoisotopic (exact) mass is 491 g/mol. The van der Waals surface area contributed by atoms with Gasteiger partial charge in [-0.05, 0) is 73.5 Å². The number of pyridine rings is 1. The van der Waals surface area contributed by atoms with Gasteiger partial charge in [0, 0.05) is 23.2 Å². The number of rotatable bonds is 11.